The highest BCUT2D eigenvalue weighted by Crippen LogP contribution is 2.62. The third-order valence-electron chi connectivity index (χ3n) is 13.9. The van der Waals surface area contributed by atoms with Crippen LogP contribution in [0, 0.1) is 0 Å². The summed E-state index contributed by atoms with van der Waals surface area (Å²) in [5, 5.41) is 8.74. The molecule has 2 aliphatic heterocycles. The molecule has 0 bridgehead atoms. The Hall–Kier alpha value is -5.74. The predicted octanol–water partition coefficient (Wildman–Crippen LogP) is 12.6. The number of para-hydroxylation sites is 1. The number of furan rings is 1. The van der Waals surface area contributed by atoms with Crippen LogP contribution in [0.1, 0.15) is 71.4 Å². The molecule has 8 aromatic rings. The summed E-state index contributed by atoms with van der Waals surface area (Å²) in [6.45, 7) is 12.2. The van der Waals surface area contributed by atoms with Crippen molar-refractivity contribution >= 4 is 73.7 Å². The fourth-order valence-corrected chi connectivity index (χ4v) is 10.7. The molecule has 3 nitrogen and oxygen atoms in total. The summed E-state index contributed by atoms with van der Waals surface area (Å²) in [4.78, 5) is 2.80. The first-order valence-corrected chi connectivity index (χ1v) is 20.5. The van der Waals surface area contributed by atoms with Crippen LogP contribution in [0.4, 0.5) is 22.7 Å². The third kappa shape index (κ3) is 4.78. The van der Waals surface area contributed by atoms with E-state index >= 15 is 0 Å². The van der Waals surface area contributed by atoms with Gasteiger partial charge in [0.2, 0.25) is 0 Å². The van der Waals surface area contributed by atoms with E-state index in [4.69, 9.17) is 4.42 Å². The van der Waals surface area contributed by atoms with Crippen LogP contribution in [0.15, 0.2) is 138 Å². The molecule has 0 saturated heterocycles. The summed E-state index contributed by atoms with van der Waals surface area (Å²) in [6, 6.07) is 49.2. The highest BCUT2D eigenvalue weighted by Gasteiger charge is 2.60. The summed E-state index contributed by atoms with van der Waals surface area (Å²) >= 11 is 0. The van der Waals surface area contributed by atoms with Gasteiger partial charge in [-0.2, -0.15) is 0 Å². The molecule has 0 amide bonds. The fourth-order valence-electron chi connectivity index (χ4n) is 10.7. The summed E-state index contributed by atoms with van der Waals surface area (Å²) in [7, 11) is 0.852. The molecule has 3 aliphatic rings. The third-order valence-corrected chi connectivity index (χ3v) is 13.9. The fraction of sp³-hybridized carbons (Fsp3) is 0.231. The second-order valence-corrected chi connectivity index (χ2v) is 18.1. The normalized spacial score (nSPS) is 19.8. The van der Waals surface area contributed by atoms with E-state index in [1.165, 1.54) is 96.5 Å². The lowest BCUT2D eigenvalue weighted by Crippen LogP contribution is -2.57. The highest BCUT2D eigenvalue weighted by atomic mass is 16.3. The average Bonchev–Trinajstić information content (AvgIpc) is 3.68. The Morgan fingerprint density at radius 2 is 1.36 bits per heavy atom. The molecule has 0 radical (unpaired) electrons. The van der Waals surface area contributed by atoms with Crippen molar-refractivity contribution in [2.24, 2.45) is 0 Å². The van der Waals surface area contributed by atoms with Crippen molar-refractivity contribution in [2.75, 3.05) is 10.2 Å². The first-order valence-electron chi connectivity index (χ1n) is 20.5. The van der Waals surface area contributed by atoms with Crippen molar-refractivity contribution in [1.29, 1.82) is 0 Å². The van der Waals surface area contributed by atoms with E-state index in [1.54, 1.807) is 0 Å². The second kappa shape index (κ2) is 11.9. The first-order chi connectivity index (χ1) is 27.1. The molecule has 1 aromatic heterocycles. The van der Waals surface area contributed by atoms with Crippen molar-refractivity contribution in [3.8, 4) is 22.3 Å². The first kappa shape index (κ1) is 33.6. The zero-order chi connectivity index (χ0) is 38.0. The standard InChI is InChI=1S/C52H47BN2O/c1-50(2,3)36-29-42-47-43(30-36)53-46-40(31-41-38-19-11-12-20-45(38)56-49(41)48(46)55(47)52(5)26-14-13-25-51(42,52)4)39-27-34-17-9-10-18-35(34)28-44(39)54-37-23-21-33(22-24-37)32-15-7-6-8-16-32/h6-12,15-24,27-31,53-54H,13-14,25-26H2,1-5H3. The van der Waals surface area contributed by atoms with Gasteiger partial charge in [-0.05, 0) is 106 Å². The summed E-state index contributed by atoms with van der Waals surface area (Å²) < 4.78 is 7.03. The number of nitrogens with one attached hydrogen (secondary N) is 1. The molecule has 3 heterocycles. The largest absolute Gasteiger partial charge is 0.454 e. The maximum Gasteiger partial charge on any atom is 0.198 e. The van der Waals surface area contributed by atoms with Crippen molar-refractivity contribution in [3.63, 3.8) is 0 Å². The van der Waals surface area contributed by atoms with Crippen LogP contribution < -0.4 is 21.1 Å². The van der Waals surface area contributed by atoms with E-state index in [0.29, 0.717) is 0 Å². The minimum atomic E-state index is -0.0937. The number of nitrogens with zero attached hydrogens (tertiary/aromatic N) is 1. The molecule has 0 spiro atoms. The molecule has 274 valence electrons. The Kier molecular flexibility index (Phi) is 7.13. The average molecular weight is 727 g/mol. The maximum absolute atomic E-state index is 7.03. The second-order valence-electron chi connectivity index (χ2n) is 18.1. The molecule has 1 fully saturated rings. The number of anilines is 4. The number of rotatable bonds is 4. The molecular formula is C52H47BN2O. The monoisotopic (exact) mass is 726 g/mol. The van der Waals surface area contributed by atoms with E-state index in [-0.39, 0.29) is 16.4 Å². The number of hydrogen-bond donors (Lipinski definition) is 1. The zero-order valence-corrected chi connectivity index (χ0v) is 33.1. The Bertz CT molecular complexity index is 2880. The molecule has 1 N–H and O–H groups in total. The van der Waals surface area contributed by atoms with Crippen molar-refractivity contribution in [2.45, 2.75) is 76.7 Å². The van der Waals surface area contributed by atoms with Gasteiger partial charge in [0.1, 0.15) is 5.58 Å². The molecule has 4 heteroatoms. The van der Waals surface area contributed by atoms with E-state index in [2.05, 4.69) is 178 Å². The van der Waals surface area contributed by atoms with Crippen molar-refractivity contribution in [3.05, 3.63) is 145 Å². The van der Waals surface area contributed by atoms with Gasteiger partial charge in [-0.1, -0.05) is 143 Å². The molecule has 2 atom stereocenters. The summed E-state index contributed by atoms with van der Waals surface area (Å²) in [5.74, 6) is 0. The topological polar surface area (TPSA) is 28.4 Å². The molecular weight excluding hydrogens is 679 g/mol. The van der Waals surface area contributed by atoms with Crippen LogP contribution in [-0.2, 0) is 10.8 Å². The van der Waals surface area contributed by atoms with Crippen LogP contribution in [0.5, 0.6) is 0 Å². The Labute approximate surface area is 330 Å². The summed E-state index contributed by atoms with van der Waals surface area (Å²) in [5.41, 5.74) is 17.5. The van der Waals surface area contributed by atoms with Gasteiger partial charge in [0.05, 0.1) is 11.2 Å². The number of benzene rings is 7. The van der Waals surface area contributed by atoms with Crippen LogP contribution in [0.3, 0.4) is 0 Å². The predicted molar refractivity (Wildman–Crippen MR) is 240 cm³/mol. The lowest BCUT2D eigenvalue weighted by Gasteiger charge is -2.51. The highest BCUT2D eigenvalue weighted by molar-refractivity contribution is 6.74. The minimum absolute atomic E-state index is 0.0219. The number of hydrogen-bond acceptors (Lipinski definition) is 3. The van der Waals surface area contributed by atoms with Gasteiger partial charge in [-0.3, -0.25) is 0 Å². The number of fused-ring (bicyclic) bond motifs is 10. The van der Waals surface area contributed by atoms with E-state index < -0.39 is 0 Å². The molecule has 2 unspecified atom stereocenters. The quantitative estimate of drug-likeness (QED) is 0.183. The van der Waals surface area contributed by atoms with Gasteiger partial charge in [-0.25, -0.2) is 0 Å². The lowest BCUT2D eigenvalue weighted by atomic mass is 9.57. The van der Waals surface area contributed by atoms with Gasteiger partial charge in [0.25, 0.3) is 0 Å². The SMILES string of the molecule is CC(C)(C)c1cc2c3c(c1)C1(C)CCCCC1(C)N3c1c(c(-c3cc4ccccc4cc3Nc3ccc(-c4ccccc4)cc3)cc3c1oc1ccccc13)B2. The molecule has 11 rings (SSSR count). The van der Waals surface area contributed by atoms with Gasteiger partial charge >= 0.3 is 0 Å². The Balaban J connectivity index is 1.19. The van der Waals surface area contributed by atoms with Crippen molar-refractivity contribution in [1.82, 2.24) is 0 Å². The van der Waals surface area contributed by atoms with E-state index in [0.717, 1.165) is 36.2 Å². The smallest absolute Gasteiger partial charge is 0.198 e. The maximum atomic E-state index is 7.03. The van der Waals surface area contributed by atoms with Gasteiger partial charge in [0.15, 0.2) is 12.9 Å². The van der Waals surface area contributed by atoms with Gasteiger partial charge in [-0.15, -0.1) is 0 Å². The lowest BCUT2D eigenvalue weighted by molar-refractivity contribution is 0.195. The van der Waals surface area contributed by atoms with Crippen LogP contribution in [-0.4, -0.2) is 12.8 Å². The zero-order valence-electron chi connectivity index (χ0n) is 33.1. The van der Waals surface area contributed by atoms with Crippen molar-refractivity contribution < 1.29 is 4.42 Å². The Morgan fingerprint density at radius 1 is 0.661 bits per heavy atom. The van der Waals surface area contributed by atoms with E-state index in [1.807, 2.05) is 0 Å². The Morgan fingerprint density at radius 3 is 2.14 bits per heavy atom. The van der Waals surface area contributed by atoms with E-state index in [9.17, 15) is 0 Å². The minimum Gasteiger partial charge on any atom is -0.454 e. The van der Waals surface area contributed by atoms with Gasteiger partial charge < -0.3 is 14.6 Å². The molecule has 1 saturated carbocycles. The van der Waals surface area contributed by atoms with Crippen LogP contribution in [0.25, 0.3) is 55.0 Å². The van der Waals surface area contributed by atoms with Gasteiger partial charge in [0, 0.05) is 38.8 Å². The molecule has 1 aliphatic carbocycles. The van der Waals surface area contributed by atoms with Crippen LogP contribution >= 0.6 is 0 Å². The summed E-state index contributed by atoms with van der Waals surface area (Å²) in [6.07, 6.45) is 4.84. The molecule has 7 aromatic carbocycles. The van der Waals surface area contributed by atoms with Crippen LogP contribution in [0.2, 0.25) is 0 Å². The molecule has 56 heavy (non-hydrogen) atoms.